The monoisotopic (exact) mass is 564 g/mol. The molecule has 4 heteroatoms. The molecular weight excluding hydrogens is 517 g/mol. The van der Waals surface area contributed by atoms with Gasteiger partial charge in [-0.1, -0.05) is 108 Å². The average Bonchev–Trinajstić information content (AvgIpc) is 2.99. The highest BCUT2D eigenvalue weighted by Crippen LogP contribution is 2.40. The maximum atomic E-state index is 15.3. The van der Waals surface area contributed by atoms with Gasteiger partial charge in [-0.25, -0.2) is 8.78 Å². The van der Waals surface area contributed by atoms with Crippen molar-refractivity contribution in [3.8, 4) is 28.0 Å². The number of ether oxygens (including phenoxy) is 1. The molecule has 1 aliphatic rings. The number of benzene rings is 3. The van der Waals surface area contributed by atoms with Crippen LogP contribution in [0.4, 0.5) is 13.2 Å². The van der Waals surface area contributed by atoms with Crippen LogP contribution in [0.25, 0.3) is 22.3 Å². The van der Waals surface area contributed by atoms with Crippen molar-refractivity contribution >= 4 is 0 Å². The van der Waals surface area contributed by atoms with E-state index in [4.69, 9.17) is 4.74 Å². The summed E-state index contributed by atoms with van der Waals surface area (Å²) in [5.74, 6) is -0.972. The van der Waals surface area contributed by atoms with E-state index in [9.17, 15) is 8.78 Å². The average molecular weight is 565 g/mol. The first-order chi connectivity index (χ1) is 20.0. The number of hydrogen-bond acceptors (Lipinski definition) is 1. The van der Waals surface area contributed by atoms with Crippen LogP contribution in [0.15, 0.2) is 54.6 Å². The summed E-state index contributed by atoms with van der Waals surface area (Å²) in [5.41, 5.74) is 3.22. The molecule has 0 aromatic heterocycles. The Kier molecular flexibility index (Phi) is 12.2. The molecule has 0 heterocycles. The molecule has 1 nitrogen and oxygen atoms in total. The van der Waals surface area contributed by atoms with Gasteiger partial charge < -0.3 is 4.74 Å². The standard InChI is InChI=1S/C37H47F3O/c1-3-5-7-9-10-12-27-13-15-29(16-14-27)32-22-21-31(26-34(32)38)28-17-19-30(20-18-28)33-23-24-35(37(40)36(33)39)41-25-11-8-6-4-2/h17-24,26-27,29H,3-16,25H2,1-2H3. The molecule has 0 spiro atoms. The SMILES string of the molecule is CCCCCCCC1CCC(c2ccc(-c3ccc(-c4ccc(OCCCCCC)c(F)c4F)cc3)cc2F)CC1. The molecule has 1 fully saturated rings. The van der Waals surface area contributed by atoms with Crippen molar-refractivity contribution in [2.45, 2.75) is 110 Å². The molecule has 1 aliphatic carbocycles. The number of unbranched alkanes of at least 4 members (excludes halogenated alkanes) is 7. The molecule has 1 saturated carbocycles. The van der Waals surface area contributed by atoms with Crippen LogP contribution in [0.1, 0.15) is 115 Å². The smallest absolute Gasteiger partial charge is 0.201 e. The fraction of sp³-hybridized carbons (Fsp3) is 0.514. The molecule has 0 unspecified atom stereocenters. The third-order valence-electron chi connectivity index (χ3n) is 8.83. The summed E-state index contributed by atoms with van der Waals surface area (Å²) in [6.45, 7) is 4.75. The van der Waals surface area contributed by atoms with E-state index in [1.165, 1.54) is 57.4 Å². The Labute approximate surface area is 245 Å². The Morgan fingerprint density at radius 2 is 1.27 bits per heavy atom. The molecule has 0 N–H and O–H groups in total. The molecule has 41 heavy (non-hydrogen) atoms. The second-order valence-corrected chi connectivity index (χ2v) is 11.9. The quantitative estimate of drug-likeness (QED) is 0.167. The minimum absolute atomic E-state index is 0.0502. The van der Waals surface area contributed by atoms with Crippen LogP contribution >= 0.6 is 0 Å². The van der Waals surface area contributed by atoms with Gasteiger partial charge in [0.2, 0.25) is 5.82 Å². The fourth-order valence-electron chi connectivity index (χ4n) is 6.26. The number of hydrogen-bond donors (Lipinski definition) is 0. The summed E-state index contributed by atoms with van der Waals surface area (Å²) < 4.78 is 50.3. The van der Waals surface area contributed by atoms with Crippen molar-refractivity contribution in [3.05, 3.63) is 77.6 Å². The molecule has 0 aliphatic heterocycles. The van der Waals surface area contributed by atoms with Crippen LogP contribution in [0, 0.1) is 23.4 Å². The van der Waals surface area contributed by atoms with Crippen LogP contribution in [0.3, 0.4) is 0 Å². The highest BCUT2D eigenvalue weighted by Gasteiger charge is 2.24. The zero-order chi connectivity index (χ0) is 29.0. The molecule has 0 atom stereocenters. The second kappa shape index (κ2) is 16.0. The van der Waals surface area contributed by atoms with Crippen molar-refractivity contribution in [3.63, 3.8) is 0 Å². The summed E-state index contributed by atoms with van der Waals surface area (Å²) in [4.78, 5) is 0. The molecule has 3 aromatic rings. The third kappa shape index (κ3) is 8.63. The molecular formula is C37H47F3O. The maximum Gasteiger partial charge on any atom is 0.201 e. The Hall–Kier alpha value is -2.75. The lowest BCUT2D eigenvalue weighted by molar-refractivity contribution is 0.285. The lowest BCUT2D eigenvalue weighted by atomic mass is 9.76. The van der Waals surface area contributed by atoms with E-state index in [0.29, 0.717) is 18.1 Å². The first-order valence-corrected chi connectivity index (χ1v) is 16.0. The molecule has 4 rings (SSSR count). The van der Waals surface area contributed by atoms with E-state index in [2.05, 4.69) is 13.8 Å². The topological polar surface area (TPSA) is 9.23 Å². The third-order valence-corrected chi connectivity index (χ3v) is 8.83. The molecule has 0 saturated heterocycles. The van der Waals surface area contributed by atoms with Crippen LogP contribution < -0.4 is 4.74 Å². The fourth-order valence-corrected chi connectivity index (χ4v) is 6.26. The van der Waals surface area contributed by atoms with Gasteiger partial charge in [0.25, 0.3) is 0 Å². The van der Waals surface area contributed by atoms with Crippen molar-refractivity contribution in [2.75, 3.05) is 6.61 Å². The summed E-state index contributed by atoms with van der Waals surface area (Å²) in [6, 6.07) is 15.8. The predicted octanol–water partition coefficient (Wildman–Crippen LogP) is 12.0. The van der Waals surface area contributed by atoms with E-state index in [1.54, 1.807) is 24.3 Å². The molecule has 0 bridgehead atoms. The Morgan fingerprint density at radius 1 is 0.634 bits per heavy atom. The summed E-state index contributed by atoms with van der Waals surface area (Å²) in [5, 5.41) is 0. The molecule has 3 aromatic carbocycles. The largest absolute Gasteiger partial charge is 0.490 e. The Bertz CT molecular complexity index is 1210. The van der Waals surface area contributed by atoms with E-state index < -0.39 is 11.6 Å². The highest BCUT2D eigenvalue weighted by molar-refractivity contribution is 5.71. The van der Waals surface area contributed by atoms with Gasteiger partial charge in [-0.3, -0.25) is 0 Å². The van der Waals surface area contributed by atoms with E-state index in [1.807, 2.05) is 24.3 Å². The summed E-state index contributed by atoms with van der Waals surface area (Å²) >= 11 is 0. The highest BCUT2D eigenvalue weighted by atomic mass is 19.2. The molecule has 0 amide bonds. The zero-order valence-corrected chi connectivity index (χ0v) is 25.0. The van der Waals surface area contributed by atoms with Gasteiger partial charge >= 0.3 is 0 Å². The lowest BCUT2D eigenvalue weighted by Gasteiger charge is -2.29. The van der Waals surface area contributed by atoms with Crippen LogP contribution in [0.5, 0.6) is 5.75 Å². The predicted molar refractivity (Wildman–Crippen MR) is 165 cm³/mol. The Balaban J connectivity index is 1.34. The Morgan fingerprint density at radius 3 is 1.95 bits per heavy atom. The maximum absolute atomic E-state index is 15.3. The van der Waals surface area contributed by atoms with Crippen molar-refractivity contribution in [1.82, 2.24) is 0 Å². The van der Waals surface area contributed by atoms with Gasteiger partial charge in [0.1, 0.15) is 5.82 Å². The number of halogens is 3. The van der Waals surface area contributed by atoms with E-state index in [0.717, 1.165) is 61.1 Å². The van der Waals surface area contributed by atoms with Crippen LogP contribution in [-0.2, 0) is 0 Å². The van der Waals surface area contributed by atoms with Gasteiger partial charge in [-0.05, 0) is 84.4 Å². The normalized spacial score (nSPS) is 17.1. The zero-order valence-electron chi connectivity index (χ0n) is 25.0. The van der Waals surface area contributed by atoms with E-state index >= 15 is 4.39 Å². The van der Waals surface area contributed by atoms with Gasteiger partial charge in [0.15, 0.2) is 11.6 Å². The van der Waals surface area contributed by atoms with Crippen LogP contribution in [-0.4, -0.2) is 6.61 Å². The minimum atomic E-state index is -0.958. The van der Waals surface area contributed by atoms with Gasteiger partial charge in [0, 0.05) is 5.56 Å². The first kappa shape index (κ1) is 31.2. The second-order valence-electron chi connectivity index (χ2n) is 11.9. The molecule has 0 radical (unpaired) electrons. The first-order valence-electron chi connectivity index (χ1n) is 16.0. The van der Waals surface area contributed by atoms with Gasteiger partial charge in [-0.2, -0.15) is 4.39 Å². The lowest BCUT2D eigenvalue weighted by Crippen LogP contribution is -2.14. The summed E-state index contributed by atoms with van der Waals surface area (Å²) in [7, 11) is 0. The molecule has 222 valence electrons. The van der Waals surface area contributed by atoms with E-state index in [-0.39, 0.29) is 17.1 Å². The minimum Gasteiger partial charge on any atom is -0.490 e. The van der Waals surface area contributed by atoms with Crippen LogP contribution in [0.2, 0.25) is 0 Å². The summed E-state index contributed by atoms with van der Waals surface area (Å²) in [6.07, 6.45) is 16.5. The van der Waals surface area contributed by atoms with Gasteiger partial charge in [-0.15, -0.1) is 0 Å². The van der Waals surface area contributed by atoms with Gasteiger partial charge in [0.05, 0.1) is 6.61 Å². The van der Waals surface area contributed by atoms with Crippen molar-refractivity contribution < 1.29 is 17.9 Å². The van der Waals surface area contributed by atoms with Crippen molar-refractivity contribution in [2.24, 2.45) is 5.92 Å². The number of rotatable bonds is 15. The van der Waals surface area contributed by atoms with Crippen molar-refractivity contribution in [1.29, 1.82) is 0 Å².